The van der Waals surface area contributed by atoms with Gasteiger partial charge >= 0.3 is 19.0 Å². The van der Waals surface area contributed by atoms with E-state index in [1.807, 2.05) is 0 Å². The largest absolute Gasteiger partial charge is 0.431 e. The molecule has 2 aromatic heterocycles. The van der Waals surface area contributed by atoms with Crippen molar-refractivity contribution in [2.45, 2.75) is 69.3 Å². The van der Waals surface area contributed by atoms with Crippen molar-refractivity contribution in [1.29, 1.82) is 0 Å². The lowest BCUT2D eigenvalue weighted by Crippen LogP contribution is -2.41. The molecule has 43 heavy (non-hydrogen) atoms. The van der Waals surface area contributed by atoms with Gasteiger partial charge in [-0.3, -0.25) is 9.36 Å². The summed E-state index contributed by atoms with van der Waals surface area (Å²) in [6.07, 6.45) is -11.8. The topological polar surface area (TPSA) is 123 Å². The maximum atomic E-state index is 13.2. The lowest BCUT2D eigenvalue weighted by molar-refractivity contribution is -0.283. The SMILES string of the molecule is CCc1nc(C(=O)NCC2CCC(S(C)(=O)=O)CC2O)c(Cl)n1-c1ncc(CC(C(F)(F)F)C(F)(F)F)cc1OC(F)F. The Bertz CT molecular complexity index is 1400. The summed E-state index contributed by atoms with van der Waals surface area (Å²) in [6, 6.07) is 0.544. The number of amides is 1. The van der Waals surface area contributed by atoms with E-state index >= 15 is 0 Å². The summed E-state index contributed by atoms with van der Waals surface area (Å²) in [4.78, 5) is 20.8. The van der Waals surface area contributed by atoms with Crippen LogP contribution in [0.25, 0.3) is 5.82 Å². The molecule has 1 saturated carbocycles. The molecule has 0 aromatic carbocycles. The minimum absolute atomic E-state index is 0.0169. The van der Waals surface area contributed by atoms with Gasteiger partial charge in [-0.2, -0.15) is 35.1 Å². The predicted molar refractivity (Wildman–Crippen MR) is 136 cm³/mol. The number of imidazole rings is 1. The van der Waals surface area contributed by atoms with E-state index in [4.69, 9.17) is 11.6 Å². The van der Waals surface area contributed by atoms with E-state index in [0.717, 1.165) is 10.8 Å². The van der Waals surface area contributed by atoms with Crippen LogP contribution in [-0.4, -0.2) is 77.1 Å². The molecule has 0 saturated heterocycles. The van der Waals surface area contributed by atoms with Gasteiger partial charge in [-0.15, -0.1) is 0 Å². The lowest BCUT2D eigenvalue weighted by atomic mass is 9.86. The summed E-state index contributed by atoms with van der Waals surface area (Å²) in [6.45, 7) is -2.11. The normalized spacial score (nSPS) is 20.1. The van der Waals surface area contributed by atoms with Gasteiger partial charge in [0.05, 0.1) is 11.4 Å². The first-order valence-electron chi connectivity index (χ1n) is 12.7. The van der Waals surface area contributed by atoms with E-state index < -0.39 is 92.3 Å². The highest BCUT2D eigenvalue weighted by Gasteiger charge is 2.56. The minimum atomic E-state index is -5.69. The Morgan fingerprint density at radius 2 is 1.84 bits per heavy atom. The number of aromatic nitrogens is 3. The van der Waals surface area contributed by atoms with Crippen molar-refractivity contribution in [3.63, 3.8) is 0 Å². The number of ether oxygens (including phenoxy) is 1. The van der Waals surface area contributed by atoms with Crippen LogP contribution in [0.2, 0.25) is 5.15 Å². The zero-order chi connectivity index (χ0) is 32.5. The second kappa shape index (κ2) is 13.1. The first-order chi connectivity index (χ1) is 19.7. The maximum Gasteiger partial charge on any atom is 0.400 e. The van der Waals surface area contributed by atoms with Gasteiger partial charge in [-0.25, -0.2) is 18.4 Å². The average Bonchev–Trinajstić information content (AvgIpc) is 3.20. The highest BCUT2D eigenvalue weighted by atomic mass is 35.5. The Balaban J connectivity index is 1.90. The van der Waals surface area contributed by atoms with Crippen molar-refractivity contribution < 1.29 is 58.2 Å². The van der Waals surface area contributed by atoms with Gasteiger partial charge < -0.3 is 15.2 Å². The number of alkyl halides is 8. The van der Waals surface area contributed by atoms with Crippen LogP contribution in [-0.2, 0) is 22.7 Å². The molecule has 0 aliphatic heterocycles. The summed E-state index contributed by atoms with van der Waals surface area (Å²) in [5, 5.41) is 11.7. The molecule has 3 rings (SSSR count). The number of nitrogens with one attached hydrogen (secondary N) is 1. The number of hydrogen-bond acceptors (Lipinski definition) is 7. The van der Waals surface area contributed by atoms with Crippen molar-refractivity contribution >= 4 is 27.3 Å². The molecule has 0 bridgehead atoms. The Morgan fingerprint density at radius 3 is 2.35 bits per heavy atom. The zero-order valence-corrected chi connectivity index (χ0v) is 24.1. The number of aliphatic hydroxyl groups is 1. The van der Waals surface area contributed by atoms with Crippen LogP contribution < -0.4 is 10.1 Å². The summed E-state index contributed by atoms with van der Waals surface area (Å²) >= 11 is 6.35. The minimum Gasteiger partial charge on any atom is -0.431 e. The molecule has 1 amide bonds. The third kappa shape index (κ3) is 8.47. The fourth-order valence-corrected chi connectivity index (χ4v) is 6.16. The molecule has 2 aromatic rings. The zero-order valence-electron chi connectivity index (χ0n) is 22.5. The Kier molecular flexibility index (Phi) is 10.6. The third-order valence-electron chi connectivity index (χ3n) is 7.01. The Labute approximate surface area is 245 Å². The summed E-state index contributed by atoms with van der Waals surface area (Å²) in [7, 11) is -3.37. The molecule has 3 atom stereocenters. The van der Waals surface area contributed by atoms with E-state index in [1.165, 1.54) is 6.92 Å². The van der Waals surface area contributed by atoms with Crippen molar-refractivity contribution in [2.75, 3.05) is 12.8 Å². The van der Waals surface area contributed by atoms with Crippen LogP contribution in [0, 0.1) is 11.8 Å². The molecule has 1 fully saturated rings. The van der Waals surface area contributed by atoms with Crippen LogP contribution >= 0.6 is 11.6 Å². The predicted octanol–water partition coefficient (Wildman–Crippen LogP) is 4.67. The van der Waals surface area contributed by atoms with E-state index in [2.05, 4.69) is 20.0 Å². The molecule has 2 N–H and O–H groups in total. The molecule has 1 aliphatic carbocycles. The summed E-state index contributed by atoms with van der Waals surface area (Å²) < 4.78 is 134. The summed E-state index contributed by atoms with van der Waals surface area (Å²) in [5.41, 5.74) is -1.13. The van der Waals surface area contributed by atoms with Gasteiger partial charge in [-0.05, 0) is 37.3 Å². The van der Waals surface area contributed by atoms with Crippen LogP contribution in [0.5, 0.6) is 5.75 Å². The van der Waals surface area contributed by atoms with Crippen LogP contribution in [0.4, 0.5) is 35.1 Å². The van der Waals surface area contributed by atoms with Crippen LogP contribution in [0.3, 0.4) is 0 Å². The van der Waals surface area contributed by atoms with Gasteiger partial charge in [0.1, 0.15) is 20.8 Å². The van der Waals surface area contributed by atoms with Crippen LogP contribution in [0.15, 0.2) is 12.3 Å². The number of hydrogen-bond donors (Lipinski definition) is 2. The fraction of sp³-hybridized carbons (Fsp3) is 0.625. The number of aryl methyl sites for hydroxylation is 1. The van der Waals surface area contributed by atoms with Crippen LogP contribution in [0.1, 0.15) is 48.1 Å². The fourth-order valence-electron chi connectivity index (χ4n) is 4.74. The highest BCUT2D eigenvalue weighted by Crippen LogP contribution is 2.42. The molecule has 19 heteroatoms. The van der Waals surface area contributed by atoms with E-state index in [0.29, 0.717) is 12.3 Å². The standard InChI is InChI=1S/C24H27ClF8N4O5S/c1-3-17-36-18(21(39)35-10-12-4-5-13(8-14(12)38)43(2,40)41)19(25)37(17)20-15(42-22(26)27)6-11(9-34-20)7-16(23(28,29)30)24(31,32)33/h6,9,12-14,16,22,38H,3-5,7-8,10H2,1-2H3,(H,35,39). The molecule has 1 aliphatic rings. The number of carbonyl (C=O) groups excluding carboxylic acids is 1. The monoisotopic (exact) mass is 670 g/mol. The van der Waals surface area contributed by atoms with Gasteiger partial charge in [0.15, 0.2) is 23.2 Å². The van der Waals surface area contributed by atoms with Crippen molar-refractivity contribution in [3.8, 4) is 11.6 Å². The van der Waals surface area contributed by atoms with Crippen molar-refractivity contribution in [1.82, 2.24) is 19.9 Å². The molecule has 2 heterocycles. The maximum absolute atomic E-state index is 13.2. The number of sulfone groups is 1. The summed E-state index contributed by atoms with van der Waals surface area (Å²) in [5.74, 6) is -6.67. The van der Waals surface area contributed by atoms with Gasteiger partial charge in [0, 0.05) is 31.3 Å². The van der Waals surface area contributed by atoms with E-state index in [-0.39, 0.29) is 38.1 Å². The molecule has 9 nitrogen and oxygen atoms in total. The number of carbonyl (C=O) groups is 1. The van der Waals surface area contributed by atoms with E-state index in [9.17, 15) is 53.4 Å². The number of halogens is 9. The van der Waals surface area contributed by atoms with Gasteiger partial charge in [0.25, 0.3) is 5.91 Å². The molecule has 0 radical (unpaired) electrons. The average molecular weight is 671 g/mol. The Morgan fingerprint density at radius 1 is 1.21 bits per heavy atom. The molecule has 3 unspecified atom stereocenters. The number of aliphatic hydroxyl groups excluding tert-OH is 1. The van der Waals surface area contributed by atoms with Crippen molar-refractivity contribution in [3.05, 3.63) is 34.5 Å². The first-order valence-corrected chi connectivity index (χ1v) is 15.1. The second-order valence-electron chi connectivity index (χ2n) is 10.0. The van der Waals surface area contributed by atoms with Gasteiger partial charge in [0.2, 0.25) is 0 Å². The van der Waals surface area contributed by atoms with Crippen molar-refractivity contribution in [2.24, 2.45) is 11.8 Å². The highest BCUT2D eigenvalue weighted by molar-refractivity contribution is 7.91. The first kappa shape index (κ1) is 34.8. The smallest absolute Gasteiger partial charge is 0.400 e. The third-order valence-corrected chi connectivity index (χ3v) is 8.99. The quantitative estimate of drug-likeness (QED) is 0.352. The molecular formula is C24H27ClF8N4O5S. The molecule has 0 spiro atoms. The lowest BCUT2D eigenvalue weighted by Gasteiger charge is -2.32. The number of rotatable bonds is 10. The number of nitrogens with zero attached hydrogens (tertiary/aromatic N) is 3. The molecular weight excluding hydrogens is 644 g/mol. The van der Waals surface area contributed by atoms with E-state index in [1.54, 1.807) is 0 Å². The number of pyridine rings is 1. The molecule has 242 valence electrons. The second-order valence-corrected chi connectivity index (χ2v) is 12.7. The van der Waals surface area contributed by atoms with Gasteiger partial charge in [-0.1, -0.05) is 18.5 Å². The Hall–Kier alpha value is -2.73.